The summed E-state index contributed by atoms with van der Waals surface area (Å²) >= 11 is 0. The largest absolute Gasteiger partial charge is 0.496 e. The van der Waals surface area contributed by atoms with Crippen LogP contribution < -0.4 is 4.74 Å². The highest BCUT2D eigenvalue weighted by Crippen LogP contribution is 2.21. The zero-order valence-corrected chi connectivity index (χ0v) is 10.5. The van der Waals surface area contributed by atoms with Gasteiger partial charge in [-0.05, 0) is 37.8 Å². The summed E-state index contributed by atoms with van der Waals surface area (Å²) < 4.78 is 5.30. The van der Waals surface area contributed by atoms with Gasteiger partial charge in [-0.25, -0.2) is 0 Å². The van der Waals surface area contributed by atoms with E-state index in [4.69, 9.17) is 9.84 Å². The van der Waals surface area contributed by atoms with Gasteiger partial charge in [-0.15, -0.1) is 0 Å². The van der Waals surface area contributed by atoms with Crippen LogP contribution in [0.5, 0.6) is 5.75 Å². The number of unbranched alkanes of at least 4 members (excludes halogenated alkanes) is 2. The first-order valence-electron chi connectivity index (χ1n) is 5.99. The van der Waals surface area contributed by atoms with Gasteiger partial charge in [-0.2, -0.15) is 0 Å². The van der Waals surface area contributed by atoms with Crippen LogP contribution in [-0.2, 0) is 11.2 Å². The maximum absolute atomic E-state index is 10.4. The molecule has 0 spiro atoms. The first kappa shape index (κ1) is 13.6. The van der Waals surface area contributed by atoms with Crippen LogP contribution >= 0.6 is 0 Å². The lowest BCUT2D eigenvalue weighted by molar-refractivity contribution is -0.137. The third-order valence-corrected chi connectivity index (χ3v) is 2.77. The molecule has 1 aromatic carbocycles. The minimum absolute atomic E-state index is 0.269. The van der Waals surface area contributed by atoms with E-state index in [1.807, 2.05) is 12.1 Å². The topological polar surface area (TPSA) is 46.5 Å². The van der Waals surface area contributed by atoms with Crippen molar-refractivity contribution in [3.63, 3.8) is 0 Å². The normalized spacial score (nSPS) is 10.2. The van der Waals surface area contributed by atoms with Gasteiger partial charge in [0.2, 0.25) is 0 Å². The second-order valence-corrected chi connectivity index (χ2v) is 4.27. The predicted octanol–water partition coefficient (Wildman–Crippen LogP) is 3.19. The minimum Gasteiger partial charge on any atom is -0.496 e. The van der Waals surface area contributed by atoms with E-state index in [0.29, 0.717) is 0 Å². The van der Waals surface area contributed by atoms with Crippen molar-refractivity contribution in [1.82, 2.24) is 0 Å². The van der Waals surface area contributed by atoms with Crippen LogP contribution in [0.1, 0.15) is 36.8 Å². The lowest BCUT2D eigenvalue weighted by Crippen LogP contribution is -1.96. The number of rotatable bonds is 7. The molecule has 0 amide bonds. The van der Waals surface area contributed by atoms with Crippen molar-refractivity contribution in [2.24, 2.45) is 0 Å². The van der Waals surface area contributed by atoms with Crippen LogP contribution in [0.3, 0.4) is 0 Å². The summed E-state index contributed by atoms with van der Waals surface area (Å²) in [7, 11) is 1.68. The van der Waals surface area contributed by atoms with E-state index in [2.05, 4.69) is 13.0 Å². The fraction of sp³-hybridized carbons (Fsp3) is 0.500. The van der Waals surface area contributed by atoms with Gasteiger partial charge in [0.15, 0.2) is 0 Å². The second-order valence-electron chi connectivity index (χ2n) is 4.27. The number of carboxylic acid groups (broad SMARTS) is 1. The molecule has 3 heteroatoms. The van der Waals surface area contributed by atoms with Crippen LogP contribution in [-0.4, -0.2) is 18.2 Å². The predicted molar refractivity (Wildman–Crippen MR) is 67.5 cm³/mol. The molecule has 0 unspecified atom stereocenters. The number of carboxylic acids is 1. The lowest BCUT2D eigenvalue weighted by atomic mass is 10.0. The molecule has 1 N–H and O–H groups in total. The van der Waals surface area contributed by atoms with Crippen molar-refractivity contribution in [3.05, 3.63) is 29.3 Å². The zero-order chi connectivity index (χ0) is 12.7. The average molecular weight is 236 g/mol. The molecule has 94 valence electrons. The molecule has 3 nitrogen and oxygen atoms in total. The standard InChI is InChI=1S/C14H20O3/c1-11-8-9-13(17-2)12(10-11)6-4-3-5-7-14(15)16/h8-10H,3-7H2,1-2H3,(H,15,16). The number of aliphatic carboxylic acids is 1. The number of hydrogen-bond acceptors (Lipinski definition) is 2. The number of ether oxygens (including phenoxy) is 1. The Morgan fingerprint density at radius 3 is 2.71 bits per heavy atom. The summed E-state index contributed by atoms with van der Waals surface area (Å²) in [5.41, 5.74) is 2.44. The first-order valence-corrected chi connectivity index (χ1v) is 5.99. The highest BCUT2D eigenvalue weighted by Gasteiger charge is 2.03. The zero-order valence-electron chi connectivity index (χ0n) is 10.5. The molecule has 0 saturated heterocycles. The Balaban J connectivity index is 2.40. The maximum atomic E-state index is 10.4. The molecule has 0 bridgehead atoms. The fourth-order valence-electron chi connectivity index (χ4n) is 1.87. The lowest BCUT2D eigenvalue weighted by Gasteiger charge is -2.09. The highest BCUT2D eigenvalue weighted by atomic mass is 16.5. The molecule has 1 rings (SSSR count). The smallest absolute Gasteiger partial charge is 0.303 e. The molecular formula is C14H20O3. The van der Waals surface area contributed by atoms with E-state index in [0.717, 1.165) is 31.4 Å². The molecule has 0 radical (unpaired) electrons. The maximum Gasteiger partial charge on any atom is 0.303 e. The third-order valence-electron chi connectivity index (χ3n) is 2.77. The van der Waals surface area contributed by atoms with Gasteiger partial charge in [0.25, 0.3) is 0 Å². The SMILES string of the molecule is COc1ccc(C)cc1CCCCCC(=O)O. The van der Waals surface area contributed by atoms with E-state index in [1.54, 1.807) is 7.11 Å². The molecule has 0 atom stereocenters. The van der Waals surface area contributed by atoms with Crippen LogP contribution in [0.15, 0.2) is 18.2 Å². The van der Waals surface area contributed by atoms with Crippen molar-refractivity contribution in [2.75, 3.05) is 7.11 Å². The Kier molecular flexibility index (Phi) is 5.53. The number of carbonyl (C=O) groups is 1. The molecule has 1 aromatic rings. The summed E-state index contributed by atoms with van der Waals surface area (Å²) in [4.78, 5) is 10.4. The molecule has 0 saturated carbocycles. The Labute approximate surface area is 102 Å². The van der Waals surface area contributed by atoms with Gasteiger partial charge in [0.1, 0.15) is 5.75 Å². The molecule has 0 aromatic heterocycles. The van der Waals surface area contributed by atoms with Crippen molar-refractivity contribution < 1.29 is 14.6 Å². The van der Waals surface area contributed by atoms with Gasteiger partial charge in [0.05, 0.1) is 7.11 Å². The van der Waals surface area contributed by atoms with E-state index >= 15 is 0 Å². The van der Waals surface area contributed by atoms with E-state index in [1.165, 1.54) is 11.1 Å². The quantitative estimate of drug-likeness (QED) is 0.739. The van der Waals surface area contributed by atoms with Crippen molar-refractivity contribution in [1.29, 1.82) is 0 Å². The van der Waals surface area contributed by atoms with Crippen LogP contribution in [0.25, 0.3) is 0 Å². The second kappa shape index (κ2) is 6.94. The first-order chi connectivity index (χ1) is 8.13. The van der Waals surface area contributed by atoms with Crippen LogP contribution in [0.4, 0.5) is 0 Å². The summed E-state index contributed by atoms with van der Waals surface area (Å²) in [5.74, 6) is 0.215. The number of methoxy groups -OCH3 is 1. The molecular weight excluding hydrogens is 216 g/mol. The molecule has 0 fully saturated rings. The van der Waals surface area contributed by atoms with Crippen LogP contribution in [0, 0.1) is 6.92 Å². The van der Waals surface area contributed by atoms with Crippen molar-refractivity contribution >= 4 is 5.97 Å². The molecule has 0 heterocycles. The third kappa shape index (κ3) is 4.89. The van der Waals surface area contributed by atoms with Gasteiger partial charge >= 0.3 is 5.97 Å². The Morgan fingerprint density at radius 2 is 2.06 bits per heavy atom. The number of hydrogen-bond donors (Lipinski definition) is 1. The molecule has 0 aliphatic rings. The summed E-state index contributed by atoms with van der Waals surface area (Å²) in [6.07, 6.45) is 3.93. The summed E-state index contributed by atoms with van der Waals surface area (Å²) in [6, 6.07) is 6.16. The van der Waals surface area contributed by atoms with E-state index < -0.39 is 5.97 Å². The fourth-order valence-corrected chi connectivity index (χ4v) is 1.87. The molecule has 0 aliphatic carbocycles. The number of benzene rings is 1. The van der Waals surface area contributed by atoms with Crippen molar-refractivity contribution in [3.8, 4) is 5.75 Å². The van der Waals surface area contributed by atoms with Gasteiger partial charge in [0, 0.05) is 6.42 Å². The molecule has 17 heavy (non-hydrogen) atoms. The Bertz CT molecular complexity index is 372. The average Bonchev–Trinajstić information content (AvgIpc) is 2.28. The van der Waals surface area contributed by atoms with Gasteiger partial charge < -0.3 is 9.84 Å². The van der Waals surface area contributed by atoms with Gasteiger partial charge in [-0.1, -0.05) is 24.1 Å². The summed E-state index contributed by atoms with van der Waals surface area (Å²) in [5, 5.41) is 8.53. The highest BCUT2D eigenvalue weighted by molar-refractivity contribution is 5.66. The minimum atomic E-state index is -0.710. The van der Waals surface area contributed by atoms with E-state index in [-0.39, 0.29) is 6.42 Å². The Morgan fingerprint density at radius 1 is 1.29 bits per heavy atom. The Hall–Kier alpha value is -1.51. The van der Waals surface area contributed by atoms with E-state index in [9.17, 15) is 4.79 Å². The molecule has 0 aliphatic heterocycles. The monoisotopic (exact) mass is 236 g/mol. The number of aryl methyl sites for hydroxylation is 2. The van der Waals surface area contributed by atoms with Crippen LogP contribution in [0.2, 0.25) is 0 Å². The van der Waals surface area contributed by atoms with Crippen molar-refractivity contribution in [2.45, 2.75) is 39.0 Å². The summed E-state index contributed by atoms with van der Waals surface area (Å²) in [6.45, 7) is 2.06. The van der Waals surface area contributed by atoms with Gasteiger partial charge in [-0.3, -0.25) is 4.79 Å².